The molecule has 6 heteroatoms. The van der Waals surface area contributed by atoms with Gasteiger partial charge in [0.1, 0.15) is 5.82 Å². The van der Waals surface area contributed by atoms with Crippen molar-refractivity contribution < 1.29 is 0 Å². The Balaban J connectivity index is 1.44. The molecule has 2 aliphatic rings. The molecule has 0 amide bonds. The molecule has 1 aliphatic carbocycles. The number of nitrogens with one attached hydrogen (secondary N) is 1. The molecule has 1 aliphatic heterocycles. The molecule has 0 radical (unpaired) electrons. The van der Waals surface area contributed by atoms with E-state index >= 15 is 0 Å². The molecule has 1 N–H and O–H groups in total. The summed E-state index contributed by atoms with van der Waals surface area (Å²) in [6.07, 6.45) is 7.92. The van der Waals surface area contributed by atoms with Crippen molar-refractivity contribution in [3.05, 3.63) is 52.3 Å². The molecular weight excluding hydrogens is 326 g/mol. The Kier molecular flexibility index (Phi) is 3.58. The number of fused-ring (bicyclic) bond motifs is 1. The molecule has 6 nitrogen and oxygen atoms in total. The van der Waals surface area contributed by atoms with Crippen LogP contribution in [0.3, 0.4) is 0 Å². The van der Waals surface area contributed by atoms with Gasteiger partial charge in [-0.25, -0.2) is 9.97 Å². The predicted octanol–water partition coefficient (Wildman–Crippen LogP) is 3.15. The minimum Gasteiger partial charge on any atom is -0.351 e. The van der Waals surface area contributed by atoms with Crippen LogP contribution in [0.25, 0.3) is 11.0 Å². The smallest absolute Gasteiger partial charge is 0.293 e. The normalized spacial score (nSPS) is 20.7. The van der Waals surface area contributed by atoms with Crippen LogP contribution in [0.2, 0.25) is 0 Å². The fourth-order valence-corrected chi connectivity index (χ4v) is 4.00. The molecule has 1 aromatic carbocycles. The first-order chi connectivity index (χ1) is 12.7. The number of aromatic amines is 1. The van der Waals surface area contributed by atoms with Crippen molar-refractivity contribution >= 4 is 16.9 Å². The van der Waals surface area contributed by atoms with Gasteiger partial charge in [-0.1, -0.05) is 6.07 Å². The lowest BCUT2D eigenvalue weighted by atomic mass is 9.97. The molecule has 1 atom stereocenters. The Morgan fingerprint density at radius 2 is 2.12 bits per heavy atom. The average Bonchev–Trinajstić information content (AvgIpc) is 3.41. The summed E-state index contributed by atoms with van der Waals surface area (Å²) >= 11 is 0. The van der Waals surface area contributed by atoms with E-state index in [0.717, 1.165) is 55.6 Å². The van der Waals surface area contributed by atoms with E-state index in [-0.39, 0.29) is 5.56 Å². The summed E-state index contributed by atoms with van der Waals surface area (Å²) in [5.41, 5.74) is 3.38. The molecular formula is C20H23N5O. The van der Waals surface area contributed by atoms with Crippen LogP contribution in [-0.4, -0.2) is 32.6 Å². The van der Waals surface area contributed by atoms with Gasteiger partial charge in [-0.15, -0.1) is 0 Å². The molecule has 0 bridgehead atoms. The Morgan fingerprint density at radius 3 is 2.96 bits per heavy atom. The lowest BCUT2D eigenvalue weighted by Crippen LogP contribution is -2.39. The third kappa shape index (κ3) is 2.69. The van der Waals surface area contributed by atoms with E-state index in [1.54, 1.807) is 6.20 Å². The van der Waals surface area contributed by atoms with E-state index in [1.165, 1.54) is 5.56 Å². The minimum atomic E-state index is 0.0517. The van der Waals surface area contributed by atoms with E-state index < -0.39 is 0 Å². The number of piperidine rings is 1. The van der Waals surface area contributed by atoms with Crippen molar-refractivity contribution in [2.24, 2.45) is 0 Å². The van der Waals surface area contributed by atoms with E-state index in [1.807, 2.05) is 10.8 Å². The van der Waals surface area contributed by atoms with Gasteiger partial charge in [0.25, 0.3) is 5.56 Å². The standard InChI is InChI=1S/C20H23N5O/c1-13-4-7-16-17(11-13)23-18(22-16)14-3-2-9-24(12-14)19-20(26)25(10-8-21-19)15-5-6-15/h4,7-8,10-11,14-15H,2-3,5-6,9,12H2,1H3,(H,22,23)/t14-/m0/s1. The van der Waals surface area contributed by atoms with E-state index in [2.05, 4.69) is 40.0 Å². The fraction of sp³-hybridized carbons (Fsp3) is 0.450. The van der Waals surface area contributed by atoms with Crippen molar-refractivity contribution in [3.63, 3.8) is 0 Å². The zero-order valence-corrected chi connectivity index (χ0v) is 15.0. The number of anilines is 1. The third-order valence-corrected chi connectivity index (χ3v) is 5.55. The van der Waals surface area contributed by atoms with Crippen LogP contribution in [0.1, 0.15) is 49.0 Å². The van der Waals surface area contributed by atoms with Gasteiger partial charge in [0.05, 0.1) is 11.0 Å². The summed E-state index contributed by atoms with van der Waals surface area (Å²) < 4.78 is 1.86. The highest BCUT2D eigenvalue weighted by atomic mass is 16.1. The summed E-state index contributed by atoms with van der Waals surface area (Å²) in [7, 11) is 0. The Hall–Kier alpha value is -2.63. The van der Waals surface area contributed by atoms with Crippen LogP contribution in [0.5, 0.6) is 0 Å². The van der Waals surface area contributed by atoms with Crippen LogP contribution in [0.4, 0.5) is 5.82 Å². The summed E-state index contributed by atoms with van der Waals surface area (Å²) in [6.45, 7) is 3.76. The highest BCUT2D eigenvalue weighted by molar-refractivity contribution is 5.75. The lowest BCUT2D eigenvalue weighted by Gasteiger charge is -2.32. The van der Waals surface area contributed by atoms with Crippen LogP contribution in [0.15, 0.2) is 35.4 Å². The third-order valence-electron chi connectivity index (χ3n) is 5.55. The first kappa shape index (κ1) is 15.6. The first-order valence-electron chi connectivity index (χ1n) is 9.47. The second-order valence-corrected chi connectivity index (χ2v) is 7.62. The number of aryl methyl sites for hydroxylation is 1. The van der Waals surface area contributed by atoms with Crippen LogP contribution >= 0.6 is 0 Å². The number of hydrogen-bond donors (Lipinski definition) is 1. The second-order valence-electron chi connectivity index (χ2n) is 7.62. The van der Waals surface area contributed by atoms with Gasteiger partial charge in [0.15, 0.2) is 5.82 Å². The minimum absolute atomic E-state index is 0.0517. The molecule has 3 aromatic rings. The van der Waals surface area contributed by atoms with Gasteiger partial charge in [-0.2, -0.15) is 0 Å². The molecule has 0 spiro atoms. The highest BCUT2D eigenvalue weighted by Gasteiger charge is 2.29. The van der Waals surface area contributed by atoms with Gasteiger partial charge >= 0.3 is 0 Å². The molecule has 134 valence electrons. The number of aromatic nitrogens is 4. The number of benzene rings is 1. The SMILES string of the molecule is Cc1ccc2nc([C@H]3CCCN(c4nccn(C5CC5)c4=O)C3)[nH]c2c1. The maximum absolute atomic E-state index is 12.8. The van der Waals surface area contributed by atoms with Crippen LogP contribution in [-0.2, 0) is 0 Å². The van der Waals surface area contributed by atoms with Crippen molar-refractivity contribution in [2.45, 2.75) is 44.6 Å². The van der Waals surface area contributed by atoms with Gasteiger partial charge in [-0.05, 0) is 50.3 Å². The Morgan fingerprint density at radius 1 is 1.23 bits per heavy atom. The molecule has 2 aromatic heterocycles. The van der Waals surface area contributed by atoms with Crippen molar-refractivity contribution in [3.8, 4) is 0 Å². The molecule has 1 saturated heterocycles. The predicted molar refractivity (Wildman–Crippen MR) is 102 cm³/mol. The van der Waals surface area contributed by atoms with Gasteiger partial charge in [-0.3, -0.25) is 4.79 Å². The van der Waals surface area contributed by atoms with Crippen molar-refractivity contribution in [2.75, 3.05) is 18.0 Å². The summed E-state index contributed by atoms with van der Waals surface area (Å²) in [5.74, 6) is 1.91. The lowest BCUT2D eigenvalue weighted by molar-refractivity contribution is 0.489. The number of H-pyrrole nitrogens is 1. The summed E-state index contributed by atoms with van der Waals surface area (Å²) in [6, 6.07) is 6.68. The van der Waals surface area contributed by atoms with Gasteiger partial charge in [0.2, 0.25) is 0 Å². The average molecular weight is 349 g/mol. The van der Waals surface area contributed by atoms with E-state index in [9.17, 15) is 4.79 Å². The zero-order valence-electron chi connectivity index (χ0n) is 15.0. The van der Waals surface area contributed by atoms with Gasteiger partial charge in [0, 0.05) is 37.4 Å². The molecule has 26 heavy (non-hydrogen) atoms. The van der Waals surface area contributed by atoms with Crippen LogP contribution in [0, 0.1) is 6.92 Å². The zero-order chi connectivity index (χ0) is 17.7. The molecule has 3 heterocycles. The largest absolute Gasteiger partial charge is 0.351 e. The van der Waals surface area contributed by atoms with Crippen molar-refractivity contribution in [1.82, 2.24) is 19.5 Å². The molecule has 0 unspecified atom stereocenters. The topological polar surface area (TPSA) is 66.8 Å². The number of imidazole rings is 1. The molecule has 2 fully saturated rings. The van der Waals surface area contributed by atoms with Crippen molar-refractivity contribution in [1.29, 1.82) is 0 Å². The summed E-state index contributed by atoms with van der Waals surface area (Å²) in [4.78, 5) is 27.7. The van der Waals surface area contributed by atoms with Gasteiger partial charge < -0.3 is 14.5 Å². The molecule has 5 rings (SSSR count). The van der Waals surface area contributed by atoms with Crippen LogP contribution < -0.4 is 10.5 Å². The quantitative estimate of drug-likeness (QED) is 0.789. The Labute approximate surface area is 151 Å². The second kappa shape index (κ2) is 5.97. The highest BCUT2D eigenvalue weighted by Crippen LogP contribution is 2.34. The maximum atomic E-state index is 12.8. The Bertz CT molecular complexity index is 1020. The fourth-order valence-electron chi connectivity index (χ4n) is 4.00. The molecule has 1 saturated carbocycles. The van der Waals surface area contributed by atoms with E-state index in [0.29, 0.717) is 17.8 Å². The number of nitrogens with zero attached hydrogens (tertiary/aromatic N) is 4. The number of rotatable bonds is 3. The first-order valence-corrected chi connectivity index (χ1v) is 9.47. The maximum Gasteiger partial charge on any atom is 0.293 e. The summed E-state index contributed by atoms with van der Waals surface area (Å²) in [5, 5.41) is 0. The number of hydrogen-bond acceptors (Lipinski definition) is 4. The van der Waals surface area contributed by atoms with E-state index in [4.69, 9.17) is 4.98 Å². The monoisotopic (exact) mass is 349 g/mol.